The lowest BCUT2D eigenvalue weighted by Crippen LogP contribution is -2.07. The Morgan fingerprint density at radius 2 is 2.11 bits per heavy atom. The summed E-state index contributed by atoms with van der Waals surface area (Å²) in [5.41, 5.74) is 2.79. The van der Waals surface area contributed by atoms with Crippen molar-refractivity contribution in [1.82, 2.24) is 9.78 Å². The molecule has 144 valence electrons. The number of ether oxygens (including phenoxy) is 1. The van der Waals surface area contributed by atoms with Gasteiger partial charge in [-0.25, -0.2) is 4.79 Å². The summed E-state index contributed by atoms with van der Waals surface area (Å²) in [6, 6.07) is 10.2. The van der Waals surface area contributed by atoms with E-state index in [2.05, 4.69) is 15.2 Å². The van der Waals surface area contributed by atoms with Gasteiger partial charge in [-0.2, -0.15) is 5.10 Å². The van der Waals surface area contributed by atoms with Gasteiger partial charge in [0.25, 0.3) is 5.69 Å². The van der Waals surface area contributed by atoms with Crippen molar-refractivity contribution in [3.8, 4) is 11.1 Å². The Hall–Kier alpha value is -3.39. The lowest BCUT2D eigenvalue weighted by molar-refractivity contribution is -0.384. The van der Waals surface area contributed by atoms with Gasteiger partial charge in [-0.05, 0) is 23.3 Å². The minimum Gasteiger partial charge on any atom is -0.465 e. The number of hydrogen-bond donors (Lipinski definition) is 1. The van der Waals surface area contributed by atoms with E-state index in [1.165, 1.54) is 13.2 Å². The van der Waals surface area contributed by atoms with Crippen LogP contribution in [-0.4, -0.2) is 27.8 Å². The molecule has 9 heteroatoms. The van der Waals surface area contributed by atoms with Gasteiger partial charge in [0.1, 0.15) is 5.69 Å². The first kappa shape index (κ1) is 19.4. The van der Waals surface area contributed by atoms with Crippen LogP contribution in [0, 0.1) is 10.1 Å². The van der Waals surface area contributed by atoms with Gasteiger partial charge in [-0.1, -0.05) is 29.8 Å². The zero-order valence-electron chi connectivity index (χ0n) is 15.2. The molecular weight excluding hydrogens is 384 g/mol. The highest BCUT2D eigenvalue weighted by molar-refractivity contribution is 6.34. The van der Waals surface area contributed by atoms with Crippen LogP contribution in [0.1, 0.15) is 15.9 Å². The Kier molecular flexibility index (Phi) is 5.60. The van der Waals surface area contributed by atoms with Gasteiger partial charge < -0.3 is 10.1 Å². The van der Waals surface area contributed by atoms with Crippen molar-refractivity contribution < 1.29 is 14.5 Å². The normalized spacial score (nSPS) is 10.5. The molecule has 0 aliphatic carbocycles. The van der Waals surface area contributed by atoms with Crippen LogP contribution in [0.25, 0.3) is 11.1 Å². The smallest absolute Gasteiger partial charge is 0.339 e. The lowest BCUT2D eigenvalue weighted by atomic mass is 10.1. The average molecular weight is 401 g/mol. The van der Waals surface area contributed by atoms with Crippen molar-refractivity contribution >= 4 is 28.9 Å². The summed E-state index contributed by atoms with van der Waals surface area (Å²) in [7, 11) is 3.03. The van der Waals surface area contributed by atoms with Gasteiger partial charge in [0.05, 0.1) is 28.8 Å². The van der Waals surface area contributed by atoms with Crippen molar-refractivity contribution in [3.05, 3.63) is 75.1 Å². The first-order valence-corrected chi connectivity index (χ1v) is 8.65. The third-order valence-corrected chi connectivity index (χ3v) is 4.45. The van der Waals surface area contributed by atoms with Gasteiger partial charge in [-0.15, -0.1) is 0 Å². The second-order valence-electron chi connectivity index (χ2n) is 6.05. The third-order valence-electron chi connectivity index (χ3n) is 4.14. The number of rotatable bonds is 6. The van der Waals surface area contributed by atoms with Crippen LogP contribution in [0.3, 0.4) is 0 Å². The predicted molar refractivity (Wildman–Crippen MR) is 105 cm³/mol. The number of nitro benzene ring substituents is 1. The molecule has 0 spiro atoms. The zero-order valence-corrected chi connectivity index (χ0v) is 15.9. The predicted octanol–water partition coefficient (Wildman–Crippen LogP) is 4.05. The quantitative estimate of drug-likeness (QED) is 0.380. The molecule has 3 aromatic rings. The van der Waals surface area contributed by atoms with Gasteiger partial charge in [-0.3, -0.25) is 14.8 Å². The fraction of sp³-hybridized carbons (Fsp3) is 0.158. The molecule has 8 nitrogen and oxygen atoms in total. The van der Waals surface area contributed by atoms with Crippen molar-refractivity contribution in [2.75, 3.05) is 12.4 Å². The number of nitrogens with one attached hydrogen (secondary N) is 1. The first-order chi connectivity index (χ1) is 13.4. The van der Waals surface area contributed by atoms with Gasteiger partial charge in [0.15, 0.2) is 0 Å². The monoisotopic (exact) mass is 400 g/mol. The Morgan fingerprint density at radius 3 is 2.75 bits per heavy atom. The minimum absolute atomic E-state index is 0.0556. The van der Waals surface area contributed by atoms with Crippen LogP contribution in [0.4, 0.5) is 11.4 Å². The molecule has 0 saturated carbocycles. The number of carbonyl (C=O) groups excluding carboxylic acids is 1. The number of anilines is 1. The topological polar surface area (TPSA) is 99.3 Å². The molecule has 28 heavy (non-hydrogen) atoms. The highest BCUT2D eigenvalue weighted by atomic mass is 35.5. The Bertz CT molecular complexity index is 1050. The fourth-order valence-electron chi connectivity index (χ4n) is 2.75. The summed E-state index contributed by atoms with van der Waals surface area (Å²) in [5, 5.41) is 18.7. The Balaban J connectivity index is 1.85. The van der Waals surface area contributed by atoms with Gasteiger partial charge in [0, 0.05) is 31.4 Å². The van der Waals surface area contributed by atoms with E-state index in [-0.39, 0.29) is 22.0 Å². The van der Waals surface area contributed by atoms with E-state index < -0.39 is 10.9 Å². The first-order valence-electron chi connectivity index (χ1n) is 8.27. The molecule has 2 aromatic carbocycles. The molecule has 1 N–H and O–H groups in total. The van der Waals surface area contributed by atoms with Crippen LogP contribution in [-0.2, 0) is 18.3 Å². The third kappa shape index (κ3) is 4.12. The summed E-state index contributed by atoms with van der Waals surface area (Å²) < 4.78 is 6.32. The molecule has 1 aromatic heterocycles. The van der Waals surface area contributed by atoms with E-state index in [0.29, 0.717) is 6.54 Å². The highest BCUT2D eigenvalue weighted by Crippen LogP contribution is 2.32. The van der Waals surface area contributed by atoms with Gasteiger partial charge >= 0.3 is 5.97 Å². The number of hydrogen-bond acceptors (Lipinski definition) is 6. The van der Waals surface area contributed by atoms with Crippen molar-refractivity contribution in [3.63, 3.8) is 0 Å². The maximum Gasteiger partial charge on any atom is 0.339 e. The van der Waals surface area contributed by atoms with E-state index in [1.54, 1.807) is 10.9 Å². The SMILES string of the molecule is COC(=O)c1cc([N+](=O)[O-])c(NCc2cccc(-c3cnn(C)c3)c2)cc1Cl. The summed E-state index contributed by atoms with van der Waals surface area (Å²) in [5.74, 6) is -0.733. The second kappa shape index (κ2) is 8.10. The molecule has 0 unspecified atom stereocenters. The molecule has 3 rings (SSSR count). The number of aromatic nitrogens is 2. The molecule has 0 fully saturated rings. The molecule has 0 bridgehead atoms. The van der Waals surface area contributed by atoms with Crippen LogP contribution in [0.15, 0.2) is 48.8 Å². The average Bonchev–Trinajstić information content (AvgIpc) is 3.12. The van der Waals surface area contributed by atoms with Crippen molar-refractivity contribution in [2.45, 2.75) is 6.54 Å². The van der Waals surface area contributed by atoms with E-state index in [9.17, 15) is 14.9 Å². The lowest BCUT2D eigenvalue weighted by Gasteiger charge is -2.10. The second-order valence-corrected chi connectivity index (χ2v) is 6.46. The number of nitrogens with zero attached hydrogens (tertiary/aromatic N) is 3. The van der Waals surface area contributed by atoms with Crippen LogP contribution >= 0.6 is 11.6 Å². The summed E-state index contributed by atoms with van der Waals surface area (Å²) >= 11 is 6.10. The van der Waals surface area contributed by atoms with E-state index in [4.69, 9.17) is 11.6 Å². The Labute approximate surface area is 165 Å². The van der Waals surface area contributed by atoms with Crippen LogP contribution < -0.4 is 5.32 Å². The standard InChI is InChI=1S/C19H17ClN4O4/c1-23-11-14(10-22-23)13-5-3-4-12(6-13)9-21-17-8-16(20)15(19(25)28-2)7-18(17)24(26)27/h3-8,10-11,21H,9H2,1-2H3. The summed E-state index contributed by atoms with van der Waals surface area (Å²) in [4.78, 5) is 22.6. The molecule has 0 amide bonds. The molecule has 0 saturated heterocycles. The number of aryl methyl sites for hydroxylation is 1. The van der Waals surface area contributed by atoms with Gasteiger partial charge in [0.2, 0.25) is 0 Å². The molecular formula is C19H17ClN4O4. The minimum atomic E-state index is -0.733. The van der Waals surface area contributed by atoms with Crippen LogP contribution in [0.5, 0.6) is 0 Å². The molecule has 0 atom stereocenters. The fourth-order valence-corrected chi connectivity index (χ4v) is 2.99. The number of esters is 1. The summed E-state index contributed by atoms with van der Waals surface area (Å²) in [6.45, 7) is 0.336. The summed E-state index contributed by atoms with van der Waals surface area (Å²) in [6.07, 6.45) is 3.67. The van der Waals surface area contributed by atoms with E-state index in [1.807, 2.05) is 37.5 Å². The number of methoxy groups -OCH3 is 1. The number of benzene rings is 2. The van der Waals surface area contributed by atoms with E-state index in [0.717, 1.165) is 22.8 Å². The highest BCUT2D eigenvalue weighted by Gasteiger charge is 2.21. The maximum absolute atomic E-state index is 11.7. The van der Waals surface area contributed by atoms with Crippen LogP contribution in [0.2, 0.25) is 5.02 Å². The maximum atomic E-state index is 11.7. The Morgan fingerprint density at radius 1 is 1.32 bits per heavy atom. The number of halogens is 1. The van der Waals surface area contributed by atoms with Crippen molar-refractivity contribution in [1.29, 1.82) is 0 Å². The molecule has 1 heterocycles. The number of carbonyl (C=O) groups is 1. The largest absolute Gasteiger partial charge is 0.465 e. The molecule has 0 aliphatic heterocycles. The zero-order chi connectivity index (χ0) is 20.3. The molecule has 0 radical (unpaired) electrons. The number of nitro groups is 1. The van der Waals surface area contributed by atoms with E-state index >= 15 is 0 Å². The van der Waals surface area contributed by atoms with Crippen molar-refractivity contribution in [2.24, 2.45) is 7.05 Å². The molecule has 0 aliphatic rings.